The van der Waals surface area contributed by atoms with Crippen molar-refractivity contribution in [3.8, 4) is 0 Å². The molecule has 3 aliphatic rings. The van der Waals surface area contributed by atoms with Gasteiger partial charge in [-0.1, -0.05) is 40.0 Å². The predicted octanol–water partition coefficient (Wildman–Crippen LogP) is 4.00. The van der Waals surface area contributed by atoms with E-state index in [1.165, 1.54) is 32.1 Å². The van der Waals surface area contributed by atoms with Crippen LogP contribution >= 0.6 is 0 Å². The third-order valence-electron chi connectivity index (χ3n) is 6.84. The van der Waals surface area contributed by atoms with Crippen molar-refractivity contribution in [2.24, 2.45) is 29.1 Å². The van der Waals surface area contributed by atoms with Crippen molar-refractivity contribution in [2.45, 2.75) is 71.3 Å². The first-order valence-corrected chi connectivity index (χ1v) is 7.67. The van der Waals surface area contributed by atoms with Crippen LogP contribution in [-0.2, 0) is 0 Å². The molecule has 0 aromatic carbocycles. The fourth-order valence-corrected chi connectivity index (χ4v) is 5.38. The standard InChI is InChI=1S/C16H28O/c1-11-12-9-13(15(11,2)3)14(10-12)16(17)7-5-4-6-8-16/h11-14,17H,4-10H2,1-3H3. The minimum absolute atomic E-state index is 0.297. The number of aliphatic hydroxyl groups is 1. The lowest BCUT2D eigenvalue weighted by molar-refractivity contribution is -0.0962. The molecule has 2 bridgehead atoms. The van der Waals surface area contributed by atoms with Gasteiger partial charge in [-0.05, 0) is 54.8 Å². The highest BCUT2D eigenvalue weighted by molar-refractivity contribution is 5.09. The highest BCUT2D eigenvalue weighted by Gasteiger charge is 2.59. The topological polar surface area (TPSA) is 20.2 Å². The molecule has 0 saturated heterocycles. The molecule has 17 heavy (non-hydrogen) atoms. The summed E-state index contributed by atoms with van der Waals surface area (Å²) in [5, 5.41) is 11.0. The minimum Gasteiger partial charge on any atom is -0.390 e. The average molecular weight is 236 g/mol. The van der Waals surface area contributed by atoms with Gasteiger partial charge in [-0.25, -0.2) is 0 Å². The van der Waals surface area contributed by atoms with Crippen LogP contribution < -0.4 is 0 Å². The summed E-state index contributed by atoms with van der Waals surface area (Å²) in [6.07, 6.45) is 8.69. The van der Waals surface area contributed by atoms with Gasteiger partial charge in [0.1, 0.15) is 0 Å². The van der Waals surface area contributed by atoms with Crippen LogP contribution in [0.5, 0.6) is 0 Å². The van der Waals surface area contributed by atoms with Gasteiger partial charge >= 0.3 is 0 Å². The lowest BCUT2D eigenvalue weighted by atomic mass is 9.59. The average Bonchev–Trinajstić information content (AvgIpc) is 2.81. The van der Waals surface area contributed by atoms with E-state index in [0.717, 1.165) is 30.6 Å². The second-order valence-corrected chi connectivity index (χ2v) is 7.72. The molecule has 1 N–H and O–H groups in total. The van der Waals surface area contributed by atoms with Gasteiger partial charge in [0.25, 0.3) is 0 Å². The Hall–Kier alpha value is -0.0400. The Balaban J connectivity index is 1.83. The summed E-state index contributed by atoms with van der Waals surface area (Å²) < 4.78 is 0. The molecule has 0 radical (unpaired) electrons. The van der Waals surface area contributed by atoms with Gasteiger partial charge in [-0.2, -0.15) is 0 Å². The highest BCUT2D eigenvalue weighted by Crippen LogP contribution is 2.64. The van der Waals surface area contributed by atoms with Gasteiger partial charge in [-0.3, -0.25) is 0 Å². The molecule has 4 unspecified atom stereocenters. The van der Waals surface area contributed by atoms with Gasteiger partial charge in [-0.15, -0.1) is 0 Å². The van der Waals surface area contributed by atoms with Gasteiger partial charge < -0.3 is 5.11 Å². The van der Waals surface area contributed by atoms with Gasteiger partial charge in [0, 0.05) is 0 Å². The molecule has 0 amide bonds. The lowest BCUT2D eigenvalue weighted by Gasteiger charge is -2.48. The van der Waals surface area contributed by atoms with E-state index in [9.17, 15) is 5.11 Å². The molecule has 0 aromatic heterocycles. The van der Waals surface area contributed by atoms with Crippen LogP contribution in [0.4, 0.5) is 0 Å². The fourth-order valence-electron chi connectivity index (χ4n) is 5.38. The van der Waals surface area contributed by atoms with E-state index in [-0.39, 0.29) is 5.60 Å². The molecule has 3 fully saturated rings. The van der Waals surface area contributed by atoms with Crippen LogP contribution in [0, 0.1) is 29.1 Å². The number of rotatable bonds is 1. The Morgan fingerprint density at radius 3 is 2.06 bits per heavy atom. The quantitative estimate of drug-likeness (QED) is 0.729. The summed E-state index contributed by atoms with van der Waals surface area (Å²) in [6, 6.07) is 0. The second kappa shape index (κ2) is 3.73. The third-order valence-corrected chi connectivity index (χ3v) is 6.84. The minimum atomic E-state index is -0.297. The molecule has 1 nitrogen and oxygen atoms in total. The summed E-state index contributed by atoms with van der Waals surface area (Å²) in [4.78, 5) is 0. The Morgan fingerprint density at radius 2 is 1.53 bits per heavy atom. The van der Waals surface area contributed by atoms with Gasteiger partial charge in [0.2, 0.25) is 0 Å². The smallest absolute Gasteiger partial charge is 0.0678 e. The maximum Gasteiger partial charge on any atom is 0.0678 e. The maximum absolute atomic E-state index is 11.0. The van der Waals surface area contributed by atoms with Crippen LogP contribution in [0.1, 0.15) is 65.7 Å². The summed E-state index contributed by atoms with van der Waals surface area (Å²) in [6.45, 7) is 7.33. The zero-order valence-corrected chi connectivity index (χ0v) is 11.7. The highest BCUT2D eigenvalue weighted by atomic mass is 16.3. The third kappa shape index (κ3) is 1.61. The predicted molar refractivity (Wildman–Crippen MR) is 70.7 cm³/mol. The van der Waals surface area contributed by atoms with E-state index in [4.69, 9.17) is 0 Å². The molecule has 0 spiro atoms. The van der Waals surface area contributed by atoms with E-state index in [1.807, 2.05) is 0 Å². The summed E-state index contributed by atoms with van der Waals surface area (Å²) >= 11 is 0. The van der Waals surface area contributed by atoms with E-state index < -0.39 is 0 Å². The van der Waals surface area contributed by atoms with Crippen molar-refractivity contribution >= 4 is 0 Å². The fraction of sp³-hybridized carbons (Fsp3) is 1.00. The van der Waals surface area contributed by atoms with Gasteiger partial charge in [0.15, 0.2) is 0 Å². The van der Waals surface area contributed by atoms with E-state index >= 15 is 0 Å². The molecule has 1 heteroatoms. The zero-order chi connectivity index (χ0) is 12.3. The van der Waals surface area contributed by atoms with Crippen LogP contribution in [0.25, 0.3) is 0 Å². The molecule has 3 rings (SSSR count). The van der Waals surface area contributed by atoms with Crippen LogP contribution in [-0.4, -0.2) is 10.7 Å². The maximum atomic E-state index is 11.0. The molecular weight excluding hydrogens is 208 g/mol. The molecular formula is C16H28O. The van der Waals surface area contributed by atoms with Crippen molar-refractivity contribution in [3.05, 3.63) is 0 Å². The van der Waals surface area contributed by atoms with E-state index in [1.54, 1.807) is 0 Å². The van der Waals surface area contributed by atoms with Crippen molar-refractivity contribution in [1.82, 2.24) is 0 Å². The molecule has 0 heterocycles. The van der Waals surface area contributed by atoms with Crippen LogP contribution in [0.2, 0.25) is 0 Å². The Morgan fingerprint density at radius 1 is 0.941 bits per heavy atom. The first-order chi connectivity index (χ1) is 7.95. The van der Waals surface area contributed by atoms with E-state index in [0.29, 0.717) is 11.3 Å². The van der Waals surface area contributed by atoms with Crippen molar-refractivity contribution in [1.29, 1.82) is 0 Å². The van der Waals surface area contributed by atoms with Crippen molar-refractivity contribution in [3.63, 3.8) is 0 Å². The molecule has 3 aliphatic carbocycles. The van der Waals surface area contributed by atoms with Crippen LogP contribution in [0.15, 0.2) is 0 Å². The first-order valence-electron chi connectivity index (χ1n) is 7.67. The number of hydrogen-bond acceptors (Lipinski definition) is 1. The Bertz CT molecular complexity index is 301. The molecule has 4 atom stereocenters. The molecule has 98 valence electrons. The number of hydrogen-bond donors (Lipinski definition) is 1. The zero-order valence-electron chi connectivity index (χ0n) is 11.7. The largest absolute Gasteiger partial charge is 0.390 e. The molecule has 0 aliphatic heterocycles. The van der Waals surface area contributed by atoms with E-state index in [2.05, 4.69) is 20.8 Å². The second-order valence-electron chi connectivity index (χ2n) is 7.72. The summed E-state index contributed by atoms with van der Waals surface area (Å²) in [5.41, 5.74) is 0.163. The van der Waals surface area contributed by atoms with Crippen molar-refractivity contribution < 1.29 is 5.11 Å². The summed E-state index contributed by atoms with van der Waals surface area (Å²) in [7, 11) is 0. The molecule has 3 saturated carbocycles. The molecule has 0 aromatic rings. The van der Waals surface area contributed by atoms with Crippen LogP contribution in [0.3, 0.4) is 0 Å². The van der Waals surface area contributed by atoms with Gasteiger partial charge in [0.05, 0.1) is 5.60 Å². The monoisotopic (exact) mass is 236 g/mol. The Kier molecular flexibility index (Phi) is 2.63. The Labute approximate surface area is 106 Å². The van der Waals surface area contributed by atoms with Crippen molar-refractivity contribution in [2.75, 3.05) is 0 Å². The number of fused-ring (bicyclic) bond motifs is 2. The normalized spacial score (nSPS) is 47.3. The first kappa shape index (κ1) is 12.0. The SMILES string of the molecule is CC1C2CC(C3(O)CCCCC3)C(C2)C1(C)C. The lowest BCUT2D eigenvalue weighted by Crippen LogP contribution is -2.47. The summed E-state index contributed by atoms with van der Waals surface area (Å²) in [5.74, 6) is 3.14.